The van der Waals surface area contributed by atoms with Gasteiger partial charge in [0.15, 0.2) is 5.22 Å². The molecule has 0 aliphatic heterocycles. The summed E-state index contributed by atoms with van der Waals surface area (Å²) in [5, 5.41) is 13.7. The molecule has 1 aromatic heterocycles. The minimum atomic E-state index is -0.833. The van der Waals surface area contributed by atoms with Gasteiger partial charge in [0.2, 0.25) is 0 Å². The molecule has 0 atom stereocenters. The van der Waals surface area contributed by atoms with Crippen LogP contribution in [0.4, 0.5) is 0 Å². The van der Waals surface area contributed by atoms with Gasteiger partial charge in [0.05, 0.1) is 12.1 Å². The number of hydrogen-bond acceptors (Lipinski definition) is 3. The van der Waals surface area contributed by atoms with E-state index >= 15 is 0 Å². The van der Waals surface area contributed by atoms with E-state index in [4.69, 9.17) is 16.0 Å². The molecule has 94 valence electrons. The van der Waals surface area contributed by atoms with Gasteiger partial charge in [-0.05, 0) is 36.6 Å². The van der Waals surface area contributed by atoms with E-state index in [9.17, 15) is 5.11 Å². The maximum Gasteiger partial charge on any atom is 0.193 e. The predicted octanol–water partition coefficient (Wildman–Crippen LogP) is 2.91. The van der Waals surface area contributed by atoms with Crippen LogP contribution in [-0.2, 0) is 6.54 Å². The Morgan fingerprint density at radius 1 is 1.35 bits per heavy atom. The van der Waals surface area contributed by atoms with Gasteiger partial charge in [-0.1, -0.05) is 12.2 Å². The highest BCUT2D eigenvalue weighted by Crippen LogP contribution is 2.16. The van der Waals surface area contributed by atoms with Crippen LogP contribution < -0.4 is 5.32 Å². The minimum absolute atomic E-state index is 0.370. The van der Waals surface area contributed by atoms with Crippen molar-refractivity contribution in [1.29, 1.82) is 0 Å². The van der Waals surface area contributed by atoms with Crippen LogP contribution in [0.1, 0.15) is 18.6 Å². The molecule has 0 saturated heterocycles. The van der Waals surface area contributed by atoms with Gasteiger partial charge >= 0.3 is 0 Å². The van der Waals surface area contributed by atoms with E-state index in [1.165, 1.54) is 0 Å². The summed E-state index contributed by atoms with van der Waals surface area (Å²) in [5.41, 5.74) is -0.833. The monoisotopic (exact) mass is 255 g/mol. The smallest absolute Gasteiger partial charge is 0.193 e. The SMILES string of the molecule is C=CCC(O)(CC=C)CNCc1ccc(Cl)o1. The number of nitrogens with one attached hydrogen (secondary N) is 1. The summed E-state index contributed by atoms with van der Waals surface area (Å²) in [5.74, 6) is 0.745. The summed E-state index contributed by atoms with van der Waals surface area (Å²) in [6, 6.07) is 3.49. The normalized spacial score (nSPS) is 11.4. The Labute approximate surface area is 107 Å². The van der Waals surface area contributed by atoms with Crippen molar-refractivity contribution >= 4 is 11.6 Å². The lowest BCUT2D eigenvalue weighted by Crippen LogP contribution is -2.39. The zero-order valence-electron chi connectivity index (χ0n) is 9.79. The van der Waals surface area contributed by atoms with Gasteiger partial charge in [-0.25, -0.2) is 0 Å². The maximum atomic E-state index is 10.2. The van der Waals surface area contributed by atoms with Crippen molar-refractivity contribution in [1.82, 2.24) is 5.32 Å². The Kier molecular flexibility index (Phi) is 5.48. The van der Waals surface area contributed by atoms with E-state index in [0.29, 0.717) is 31.2 Å². The summed E-state index contributed by atoms with van der Waals surface area (Å²) >= 11 is 5.66. The second-order valence-electron chi connectivity index (χ2n) is 4.02. The Bertz CT molecular complexity index is 363. The molecule has 0 aliphatic rings. The highest BCUT2D eigenvalue weighted by atomic mass is 35.5. The fourth-order valence-electron chi connectivity index (χ4n) is 1.63. The van der Waals surface area contributed by atoms with Crippen LogP contribution >= 0.6 is 11.6 Å². The predicted molar refractivity (Wildman–Crippen MR) is 70.0 cm³/mol. The quantitative estimate of drug-likeness (QED) is 0.702. The molecule has 0 aromatic carbocycles. The fourth-order valence-corrected chi connectivity index (χ4v) is 1.79. The first-order valence-electron chi connectivity index (χ1n) is 5.49. The summed E-state index contributed by atoms with van der Waals surface area (Å²) in [6.45, 7) is 8.26. The summed E-state index contributed by atoms with van der Waals surface area (Å²) < 4.78 is 5.20. The number of hydrogen-bond donors (Lipinski definition) is 2. The molecule has 17 heavy (non-hydrogen) atoms. The molecule has 3 nitrogen and oxygen atoms in total. The van der Waals surface area contributed by atoms with Crippen molar-refractivity contribution in [3.05, 3.63) is 48.4 Å². The molecule has 1 rings (SSSR count). The van der Waals surface area contributed by atoms with Crippen LogP contribution in [0.2, 0.25) is 5.22 Å². The van der Waals surface area contributed by atoms with Crippen LogP contribution in [0.5, 0.6) is 0 Å². The molecule has 0 saturated carbocycles. The molecule has 1 aromatic rings. The van der Waals surface area contributed by atoms with E-state index in [2.05, 4.69) is 18.5 Å². The van der Waals surface area contributed by atoms with Crippen molar-refractivity contribution in [2.45, 2.75) is 25.0 Å². The summed E-state index contributed by atoms with van der Waals surface area (Å²) in [7, 11) is 0. The van der Waals surface area contributed by atoms with Gasteiger partial charge in [0.1, 0.15) is 5.76 Å². The van der Waals surface area contributed by atoms with E-state index in [1.54, 1.807) is 24.3 Å². The average molecular weight is 256 g/mol. The van der Waals surface area contributed by atoms with Gasteiger partial charge in [-0.3, -0.25) is 0 Å². The zero-order valence-corrected chi connectivity index (χ0v) is 10.5. The average Bonchev–Trinajstić information content (AvgIpc) is 2.65. The van der Waals surface area contributed by atoms with Crippen LogP contribution in [-0.4, -0.2) is 17.3 Å². The van der Waals surface area contributed by atoms with E-state index in [0.717, 1.165) is 5.76 Å². The Morgan fingerprint density at radius 3 is 2.47 bits per heavy atom. The minimum Gasteiger partial charge on any atom is -0.448 e. The topological polar surface area (TPSA) is 45.4 Å². The molecular formula is C13H18ClNO2. The molecular weight excluding hydrogens is 238 g/mol. The molecule has 0 aliphatic carbocycles. The van der Waals surface area contributed by atoms with Crippen LogP contribution in [0.3, 0.4) is 0 Å². The number of rotatable bonds is 8. The third-order valence-electron chi connectivity index (χ3n) is 2.43. The fraction of sp³-hybridized carbons (Fsp3) is 0.385. The van der Waals surface area contributed by atoms with Crippen molar-refractivity contribution in [2.75, 3.05) is 6.54 Å². The lowest BCUT2D eigenvalue weighted by molar-refractivity contribution is 0.0457. The molecule has 0 amide bonds. The van der Waals surface area contributed by atoms with Crippen molar-refractivity contribution < 1.29 is 9.52 Å². The largest absolute Gasteiger partial charge is 0.448 e. The Hall–Kier alpha value is -1.03. The third-order valence-corrected chi connectivity index (χ3v) is 2.63. The molecule has 1 heterocycles. The Balaban J connectivity index is 2.41. The molecule has 0 unspecified atom stereocenters. The van der Waals surface area contributed by atoms with Crippen LogP contribution in [0, 0.1) is 0 Å². The first-order chi connectivity index (χ1) is 8.09. The number of furan rings is 1. The summed E-state index contributed by atoms with van der Waals surface area (Å²) in [4.78, 5) is 0. The van der Waals surface area contributed by atoms with Gasteiger partial charge in [-0.15, -0.1) is 13.2 Å². The van der Waals surface area contributed by atoms with Crippen LogP contribution in [0.25, 0.3) is 0 Å². The number of halogens is 1. The van der Waals surface area contributed by atoms with E-state index < -0.39 is 5.60 Å². The van der Waals surface area contributed by atoms with Gasteiger partial charge < -0.3 is 14.8 Å². The first-order valence-corrected chi connectivity index (χ1v) is 5.86. The Morgan fingerprint density at radius 2 is 2.00 bits per heavy atom. The standard InChI is InChI=1S/C13H18ClNO2/c1-3-7-13(16,8-4-2)10-15-9-11-5-6-12(14)17-11/h3-6,15-16H,1-2,7-10H2. The van der Waals surface area contributed by atoms with Gasteiger partial charge in [0.25, 0.3) is 0 Å². The first kappa shape index (κ1) is 14.0. The molecule has 0 bridgehead atoms. The summed E-state index contributed by atoms with van der Waals surface area (Å²) in [6.07, 6.45) is 4.44. The second-order valence-corrected chi connectivity index (χ2v) is 4.39. The van der Waals surface area contributed by atoms with Gasteiger partial charge in [0, 0.05) is 6.54 Å². The third kappa shape index (κ3) is 4.77. The molecule has 0 radical (unpaired) electrons. The molecule has 4 heteroatoms. The molecule has 2 N–H and O–H groups in total. The highest BCUT2D eigenvalue weighted by molar-refractivity contribution is 6.28. The lowest BCUT2D eigenvalue weighted by atomic mass is 9.95. The number of aliphatic hydroxyl groups is 1. The second kappa shape index (κ2) is 6.64. The zero-order chi connectivity index (χ0) is 12.7. The highest BCUT2D eigenvalue weighted by Gasteiger charge is 2.23. The molecule has 0 spiro atoms. The van der Waals surface area contributed by atoms with Gasteiger partial charge in [-0.2, -0.15) is 0 Å². The molecule has 0 fully saturated rings. The van der Waals surface area contributed by atoms with E-state index in [-0.39, 0.29) is 0 Å². The van der Waals surface area contributed by atoms with Crippen molar-refractivity contribution in [3.8, 4) is 0 Å². The van der Waals surface area contributed by atoms with Crippen molar-refractivity contribution in [2.24, 2.45) is 0 Å². The van der Waals surface area contributed by atoms with Crippen molar-refractivity contribution in [3.63, 3.8) is 0 Å². The lowest BCUT2D eigenvalue weighted by Gasteiger charge is -2.25. The van der Waals surface area contributed by atoms with E-state index in [1.807, 2.05) is 0 Å². The van der Waals surface area contributed by atoms with Crippen LogP contribution in [0.15, 0.2) is 41.9 Å². The maximum absolute atomic E-state index is 10.2.